The highest BCUT2D eigenvalue weighted by atomic mass is 32.2. The largest absolute Gasteiger partial charge is 0.491 e. The molecule has 1 aliphatic rings. The van der Waals surface area contributed by atoms with E-state index < -0.39 is 32.5 Å². The van der Waals surface area contributed by atoms with Crippen molar-refractivity contribution in [2.75, 3.05) is 24.1 Å². The Morgan fingerprint density at radius 2 is 1.82 bits per heavy atom. The first-order valence-electron chi connectivity index (χ1n) is 10.0. The van der Waals surface area contributed by atoms with Crippen LogP contribution < -0.4 is 13.8 Å². The number of ether oxygens (including phenoxy) is 2. The molecule has 0 saturated carbocycles. The highest BCUT2D eigenvalue weighted by Gasteiger charge is 2.35. The summed E-state index contributed by atoms with van der Waals surface area (Å²) in [5, 5.41) is 0. The van der Waals surface area contributed by atoms with Crippen LogP contribution in [0.2, 0.25) is 0 Å². The summed E-state index contributed by atoms with van der Waals surface area (Å²) in [6, 6.07) is 12.7. The molecule has 0 amide bonds. The van der Waals surface area contributed by atoms with E-state index in [4.69, 9.17) is 9.47 Å². The first kappa shape index (κ1) is 22.9. The second-order valence-electron chi connectivity index (χ2n) is 7.18. The zero-order chi connectivity index (χ0) is 23.8. The lowest BCUT2D eigenvalue weighted by atomic mass is 10.0. The molecule has 0 saturated heterocycles. The number of nitrogens with zero attached hydrogens (tertiary/aromatic N) is 1. The van der Waals surface area contributed by atoms with Crippen LogP contribution in [-0.4, -0.2) is 28.2 Å². The van der Waals surface area contributed by atoms with Gasteiger partial charge in [-0.05, 0) is 48.9 Å². The summed E-state index contributed by atoms with van der Waals surface area (Å²) in [5.41, 5.74) is -0.411. The molecule has 0 bridgehead atoms. The monoisotopic (exact) mass is 481 g/mol. The molecule has 3 aromatic rings. The molecule has 1 aliphatic heterocycles. The van der Waals surface area contributed by atoms with E-state index in [1.54, 1.807) is 19.1 Å². The second kappa shape index (κ2) is 8.58. The molecular weight excluding hydrogens is 462 g/mol. The van der Waals surface area contributed by atoms with Gasteiger partial charge < -0.3 is 9.47 Å². The van der Waals surface area contributed by atoms with Gasteiger partial charge in [0.05, 0.1) is 29.3 Å². The van der Waals surface area contributed by atoms with Crippen LogP contribution in [0.4, 0.5) is 23.2 Å². The normalized spacial score (nSPS) is 13.9. The zero-order valence-corrected chi connectivity index (χ0v) is 18.2. The van der Waals surface area contributed by atoms with Gasteiger partial charge in [0.15, 0.2) is 11.6 Å². The minimum Gasteiger partial charge on any atom is -0.491 e. The fraction of sp³-hybridized carbons (Fsp3) is 0.217. The molecular formula is C23H19F4NO4S. The van der Waals surface area contributed by atoms with Crippen molar-refractivity contribution in [1.82, 2.24) is 0 Å². The lowest BCUT2D eigenvalue weighted by molar-refractivity contribution is -0.137. The summed E-state index contributed by atoms with van der Waals surface area (Å²) in [6.07, 6.45) is -4.69. The average Bonchev–Trinajstić information content (AvgIpc) is 2.79. The molecule has 0 atom stereocenters. The number of anilines is 1. The molecule has 174 valence electrons. The van der Waals surface area contributed by atoms with Crippen molar-refractivity contribution in [3.8, 4) is 22.6 Å². The van der Waals surface area contributed by atoms with Gasteiger partial charge in [0, 0.05) is 5.56 Å². The number of benzene rings is 3. The predicted molar refractivity (Wildman–Crippen MR) is 114 cm³/mol. The molecule has 10 heteroatoms. The maximum absolute atomic E-state index is 14.9. The average molecular weight is 481 g/mol. The van der Waals surface area contributed by atoms with Gasteiger partial charge in [-0.2, -0.15) is 13.2 Å². The van der Waals surface area contributed by atoms with Crippen molar-refractivity contribution in [2.45, 2.75) is 18.0 Å². The van der Waals surface area contributed by atoms with Gasteiger partial charge in [-0.3, -0.25) is 4.31 Å². The van der Waals surface area contributed by atoms with Crippen molar-refractivity contribution in [1.29, 1.82) is 0 Å². The fourth-order valence-corrected chi connectivity index (χ4v) is 5.07. The number of rotatable bonds is 5. The molecule has 0 unspecified atom stereocenters. The van der Waals surface area contributed by atoms with Crippen LogP contribution in [0.3, 0.4) is 0 Å². The predicted octanol–water partition coefficient (Wildman–Crippen LogP) is 5.50. The van der Waals surface area contributed by atoms with Gasteiger partial charge >= 0.3 is 6.18 Å². The Kier molecular flexibility index (Phi) is 5.96. The molecule has 33 heavy (non-hydrogen) atoms. The molecule has 5 nitrogen and oxygen atoms in total. The molecule has 0 fully saturated rings. The third kappa shape index (κ3) is 4.35. The lowest BCUT2D eigenvalue weighted by Crippen LogP contribution is -2.38. The third-order valence-electron chi connectivity index (χ3n) is 5.10. The first-order chi connectivity index (χ1) is 15.6. The Morgan fingerprint density at radius 3 is 2.55 bits per heavy atom. The summed E-state index contributed by atoms with van der Waals surface area (Å²) in [4.78, 5) is -0.500. The first-order valence-corrected chi connectivity index (χ1v) is 11.5. The minimum atomic E-state index is -4.69. The van der Waals surface area contributed by atoms with Crippen LogP contribution in [0.1, 0.15) is 12.5 Å². The smallest absolute Gasteiger partial charge is 0.416 e. The molecule has 1 heterocycles. The lowest BCUT2D eigenvalue weighted by Gasteiger charge is -2.31. The topological polar surface area (TPSA) is 55.8 Å². The van der Waals surface area contributed by atoms with Crippen molar-refractivity contribution < 1.29 is 35.5 Å². The van der Waals surface area contributed by atoms with E-state index in [2.05, 4.69) is 0 Å². The summed E-state index contributed by atoms with van der Waals surface area (Å²) >= 11 is 0. The Balaban J connectivity index is 1.79. The number of hydrogen-bond acceptors (Lipinski definition) is 4. The zero-order valence-electron chi connectivity index (χ0n) is 17.4. The number of halogens is 4. The molecule has 0 radical (unpaired) electrons. The maximum Gasteiger partial charge on any atom is 0.416 e. The summed E-state index contributed by atoms with van der Waals surface area (Å²) < 4.78 is 92.7. The Morgan fingerprint density at radius 1 is 1.06 bits per heavy atom. The van der Waals surface area contributed by atoms with E-state index in [-0.39, 0.29) is 42.5 Å². The quantitative estimate of drug-likeness (QED) is 0.452. The molecule has 4 rings (SSSR count). The van der Waals surface area contributed by atoms with Crippen molar-refractivity contribution in [2.24, 2.45) is 0 Å². The molecule has 0 N–H and O–H groups in total. The molecule has 0 aliphatic carbocycles. The van der Waals surface area contributed by atoms with E-state index in [0.29, 0.717) is 11.6 Å². The van der Waals surface area contributed by atoms with Crippen LogP contribution in [0.15, 0.2) is 65.6 Å². The van der Waals surface area contributed by atoms with Gasteiger partial charge in [0.1, 0.15) is 12.4 Å². The standard InChI is InChI=1S/C23H19F4NO4S/c1-2-31-21-8-4-7-18(22(21)24)15-9-10-20-19(13-15)28(11-12-32-20)33(29,30)17-6-3-5-16(14-17)23(25,26)27/h3-10,13-14H,2,11-12H2,1H3. The van der Waals surface area contributed by atoms with E-state index in [0.717, 1.165) is 22.5 Å². The highest BCUT2D eigenvalue weighted by Crippen LogP contribution is 2.40. The SMILES string of the molecule is CCOc1cccc(-c2ccc3c(c2)N(S(=O)(=O)c2cccc(C(F)(F)F)c2)CCO3)c1F. The molecule has 3 aromatic carbocycles. The Bertz CT molecular complexity index is 1290. The Hall–Kier alpha value is -3.27. The molecule has 0 aromatic heterocycles. The Labute approximate surface area is 188 Å². The third-order valence-corrected chi connectivity index (χ3v) is 6.91. The summed E-state index contributed by atoms with van der Waals surface area (Å²) in [7, 11) is -4.35. The van der Waals surface area contributed by atoms with Crippen molar-refractivity contribution in [3.05, 3.63) is 72.0 Å². The van der Waals surface area contributed by atoms with E-state index in [1.165, 1.54) is 24.3 Å². The van der Waals surface area contributed by atoms with Crippen LogP contribution in [0.25, 0.3) is 11.1 Å². The number of sulfonamides is 1. The minimum absolute atomic E-state index is 0.0126. The molecule has 0 spiro atoms. The van der Waals surface area contributed by atoms with Gasteiger partial charge in [-0.25, -0.2) is 12.8 Å². The maximum atomic E-state index is 14.9. The van der Waals surface area contributed by atoms with Gasteiger partial charge in [-0.1, -0.05) is 24.3 Å². The van der Waals surface area contributed by atoms with Crippen molar-refractivity contribution >= 4 is 15.7 Å². The van der Waals surface area contributed by atoms with Gasteiger partial charge in [0.2, 0.25) is 0 Å². The van der Waals surface area contributed by atoms with Gasteiger partial charge in [0.25, 0.3) is 10.0 Å². The van der Waals surface area contributed by atoms with Crippen LogP contribution in [0, 0.1) is 5.82 Å². The van der Waals surface area contributed by atoms with E-state index in [1.807, 2.05) is 0 Å². The van der Waals surface area contributed by atoms with Crippen LogP contribution >= 0.6 is 0 Å². The van der Waals surface area contributed by atoms with E-state index >= 15 is 0 Å². The summed E-state index contributed by atoms with van der Waals surface area (Å²) in [5.74, 6) is -0.331. The van der Waals surface area contributed by atoms with Gasteiger partial charge in [-0.15, -0.1) is 0 Å². The number of hydrogen-bond donors (Lipinski definition) is 0. The number of fused-ring (bicyclic) bond motifs is 1. The van der Waals surface area contributed by atoms with E-state index in [9.17, 15) is 26.0 Å². The van der Waals surface area contributed by atoms with Crippen molar-refractivity contribution in [3.63, 3.8) is 0 Å². The number of alkyl halides is 3. The second-order valence-corrected chi connectivity index (χ2v) is 9.05. The van der Waals surface area contributed by atoms with Crippen LogP contribution in [-0.2, 0) is 16.2 Å². The fourth-order valence-electron chi connectivity index (χ4n) is 3.57. The highest BCUT2D eigenvalue weighted by molar-refractivity contribution is 7.92. The summed E-state index contributed by atoms with van der Waals surface area (Å²) in [6.45, 7) is 1.88. The van der Waals surface area contributed by atoms with Crippen LogP contribution in [0.5, 0.6) is 11.5 Å².